The van der Waals surface area contributed by atoms with E-state index >= 15 is 35.1 Å². The second-order valence-electron chi connectivity index (χ2n) is 25.9. The Labute approximate surface area is 572 Å². The molecule has 0 spiro atoms. The molecule has 0 bridgehead atoms. The van der Waals surface area contributed by atoms with Crippen molar-refractivity contribution >= 4 is 44.6 Å². The van der Waals surface area contributed by atoms with Gasteiger partial charge in [0.2, 0.25) is 0 Å². The Hall–Kier alpha value is -6.94. The zero-order chi connectivity index (χ0) is 73.2. The van der Waals surface area contributed by atoms with Gasteiger partial charge >= 0.3 is 0 Å². The topological polar surface area (TPSA) is 20.9 Å². The van der Waals surface area contributed by atoms with Crippen LogP contribution in [0, 0.1) is 116 Å². The predicted molar refractivity (Wildman–Crippen MR) is 351 cm³/mol. The molecular formula is C77H86BF20NO. The summed E-state index contributed by atoms with van der Waals surface area (Å²) in [5.74, 6) is -71.2. The van der Waals surface area contributed by atoms with Crippen molar-refractivity contribution in [3.63, 3.8) is 0 Å². The maximum absolute atomic E-state index is 15.4. The van der Waals surface area contributed by atoms with Crippen LogP contribution in [-0.4, -0.2) is 11.9 Å². The molecule has 0 aliphatic carbocycles. The summed E-state index contributed by atoms with van der Waals surface area (Å²) in [4.78, 5) is 13.6. The number of Topliss-reactive ketones (excluding diaryl/α,β-unsaturated/α-hetero) is 1. The van der Waals surface area contributed by atoms with E-state index in [2.05, 4.69) is 48.7 Å². The van der Waals surface area contributed by atoms with E-state index in [0.29, 0.717) is 6.42 Å². The van der Waals surface area contributed by atoms with Crippen molar-refractivity contribution in [2.45, 2.75) is 239 Å². The molecule has 100 heavy (non-hydrogen) atoms. The van der Waals surface area contributed by atoms with Gasteiger partial charge in [-0.25, -0.2) is 87.8 Å². The van der Waals surface area contributed by atoms with Gasteiger partial charge in [-0.1, -0.05) is 249 Å². The third-order valence-electron chi connectivity index (χ3n) is 18.9. The van der Waals surface area contributed by atoms with Gasteiger partial charge in [-0.3, -0.25) is 4.79 Å². The number of carbonyl (C=O) groups excluding carboxylic acids is 1. The second kappa shape index (κ2) is 40.6. The first-order chi connectivity index (χ1) is 47.9. The van der Waals surface area contributed by atoms with Gasteiger partial charge in [0.05, 0.1) is 6.42 Å². The van der Waals surface area contributed by atoms with Gasteiger partial charge in [0, 0.05) is 29.9 Å². The summed E-state index contributed by atoms with van der Waals surface area (Å²) in [5, 5.41) is 2.53. The molecule has 0 saturated carbocycles. The minimum absolute atomic E-state index is 0.228. The summed E-state index contributed by atoms with van der Waals surface area (Å²) in [6.45, 7) is 5.63. The van der Waals surface area contributed by atoms with Gasteiger partial charge in [-0.2, -0.15) is 4.57 Å². The van der Waals surface area contributed by atoms with E-state index in [-0.39, 0.29) is 5.78 Å². The molecule has 0 aliphatic rings. The zero-order valence-electron chi connectivity index (χ0n) is 56.5. The van der Waals surface area contributed by atoms with Gasteiger partial charge in [-0.15, -0.1) is 21.9 Å². The Balaban J connectivity index is 0.000000321. The fraction of sp³-hybridized carbons (Fsp3) is 0.481. The Morgan fingerprint density at radius 3 is 0.850 bits per heavy atom. The van der Waals surface area contributed by atoms with Crippen LogP contribution in [0.15, 0.2) is 60.7 Å². The molecule has 0 radical (unpaired) electrons. The van der Waals surface area contributed by atoms with Crippen molar-refractivity contribution in [2.75, 3.05) is 0 Å². The standard InChI is InChI=1S/C53H86NO.C24BF20/c1-3-5-7-9-11-13-15-17-19-21-23-25-27-29-31-36-43-50-46-49-42-37-38-44-51(49)52(47-53(55)48-40-34-33-35-41-48)54(50)45-39-32-30-28-26-24-22-20-18-16-14-12-10-8-6-4-2;26-5-1(6(27)14(35)21(42)13(5)34)25(2-7(28)15(36)22(43)16(37)8(2)29,3-9(30)17(38)23(44)18(39)10(3)31)4-11(32)19(40)24(45)20(41)12(4)33/h33-35,37-38,40-42,44,46H,3-32,36,39,43,45,47H2,1-2H3;/q+1;-1. The number of aromatic nitrogens is 1. The number of unbranched alkanes of at least 4 members (excludes halogenated alkanes) is 30. The largest absolute Gasteiger partial charge is 0.294 e. The van der Waals surface area contributed by atoms with E-state index < -0.39 is 144 Å². The van der Waals surface area contributed by atoms with E-state index in [1.54, 1.807) is 0 Å². The highest BCUT2D eigenvalue weighted by Crippen LogP contribution is 2.32. The highest BCUT2D eigenvalue weighted by Gasteiger charge is 2.52. The Morgan fingerprint density at radius 2 is 0.550 bits per heavy atom. The summed E-state index contributed by atoms with van der Waals surface area (Å²) in [6.07, 6.45) is 39.0. The number of hydrogen-bond acceptors (Lipinski definition) is 1. The molecule has 1 aromatic heterocycles. The number of carbonyl (C=O) groups is 1. The molecule has 0 unspecified atom stereocenters. The molecule has 0 N–H and O–H groups in total. The molecule has 7 aromatic rings. The number of halogens is 20. The Bertz CT molecular complexity index is 3430. The van der Waals surface area contributed by atoms with Crippen LogP contribution in [0.25, 0.3) is 10.8 Å². The van der Waals surface area contributed by atoms with E-state index in [1.807, 2.05) is 30.3 Å². The minimum atomic E-state index is -7.22. The molecular weight excluding hydrogens is 1350 g/mol. The number of benzene rings is 6. The van der Waals surface area contributed by atoms with Crippen LogP contribution >= 0.6 is 0 Å². The molecule has 0 atom stereocenters. The van der Waals surface area contributed by atoms with Crippen molar-refractivity contribution in [3.8, 4) is 0 Å². The second-order valence-corrected chi connectivity index (χ2v) is 25.9. The highest BCUT2D eigenvalue weighted by molar-refractivity contribution is 7.20. The van der Waals surface area contributed by atoms with Crippen LogP contribution in [0.4, 0.5) is 87.8 Å². The third kappa shape index (κ3) is 20.0. The lowest BCUT2D eigenvalue weighted by atomic mass is 9.12. The molecule has 2 nitrogen and oxygen atoms in total. The number of pyridine rings is 1. The first kappa shape index (κ1) is 82.0. The lowest BCUT2D eigenvalue weighted by molar-refractivity contribution is -0.709. The number of ketones is 1. The highest BCUT2D eigenvalue weighted by atomic mass is 19.2. The number of rotatable bonds is 41. The van der Waals surface area contributed by atoms with Gasteiger partial charge in [0.1, 0.15) is 59.2 Å². The van der Waals surface area contributed by atoms with Crippen molar-refractivity contribution in [1.29, 1.82) is 0 Å². The van der Waals surface area contributed by atoms with Crippen LogP contribution in [0.3, 0.4) is 0 Å². The van der Waals surface area contributed by atoms with Crippen LogP contribution in [-0.2, 0) is 19.4 Å². The normalized spacial score (nSPS) is 11.7. The van der Waals surface area contributed by atoms with Crippen molar-refractivity contribution in [1.82, 2.24) is 0 Å². The molecule has 7 rings (SSSR count). The lowest BCUT2D eigenvalue weighted by Gasteiger charge is -2.44. The fourth-order valence-corrected chi connectivity index (χ4v) is 13.6. The van der Waals surface area contributed by atoms with Gasteiger partial charge in [0.25, 0.3) is 0 Å². The van der Waals surface area contributed by atoms with E-state index in [1.165, 1.54) is 228 Å². The van der Waals surface area contributed by atoms with Crippen molar-refractivity contribution < 1.29 is 97.2 Å². The maximum Gasteiger partial charge on any atom is 0.200 e. The molecule has 6 aromatic carbocycles. The molecule has 23 heteroatoms. The quantitative estimate of drug-likeness (QED) is 0.00712. The Kier molecular flexibility index (Phi) is 33.3. The summed E-state index contributed by atoms with van der Waals surface area (Å²) in [6, 6.07) is 21.2. The summed E-state index contributed by atoms with van der Waals surface area (Å²) >= 11 is 0. The third-order valence-corrected chi connectivity index (χ3v) is 18.9. The number of aryl methyl sites for hydroxylation is 1. The first-order valence-electron chi connectivity index (χ1n) is 35.2. The zero-order valence-corrected chi connectivity index (χ0v) is 56.5. The molecule has 0 fully saturated rings. The average Bonchev–Trinajstić information content (AvgIpc) is 0.682. The van der Waals surface area contributed by atoms with E-state index in [0.717, 1.165) is 18.5 Å². The average molecular weight is 1430 g/mol. The van der Waals surface area contributed by atoms with E-state index in [9.17, 15) is 57.5 Å². The lowest BCUT2D eigenvalue weighted by Crippen LogP contribution is -2.81. The molecule has 0 amide bonds. The van der Waals surface area contributed by atoms with Gasteiger partial charge < -0.3 is 0 Å². The maximum atomic E-state index is 15.4. The molecule has 0 saturated heterocycles. The number of hydrogen-bond donors (Lipinski definition) is 0. The number of fused-ring (bicyclic) bond motifs is 1. The summed E-state index contributed by atoms with van der Waals surface area (Å²) in [5.41, 5.74) is -10.9. The van der Waals surface area contributed by atoms with Gasteiger partial charge in [0.15, 0.2) is 87.0 Å². The number of nitrogens with zero attached hydrogens (tertiary/aromatic N) is 1. The Morgan fingerprint density at radius 1 is 0.300 bits per heavy atom. The van der Waals surface area contributed by atoms with Crippen molar-refractivity contribution in [3.05, 3.63) is 194 Å². The minimum Gasteiger partial charge on any atom is -0.294 e. The van der Waals surface area contributed by atoms with Crippen molar-refractivity contribution in [2.24, 2.45) is 0 Å². The first-order valence-corrected chi connectivity index (χ1v) is 35.2. The molecule has 0 aliphatic heterocycles. The SMILES string of the molecule is CCCCCCCCCCCCCCCCCCc1cc2ccccc2c(CC(=O)c2ccccc2)[n+]1CCCCCCCCCCCCCCCCCC.Fc1c(F)c(F)c([B-](c2c(F)c(F)c(F)c(F)c2F)(c2c(F)c(F)c(F)c(F)c2F)c2c(F)c(F)c(F)c(F)c2F)c(F)c1F. The van der Waals surface area contributed by atoms with Gasteiger partial charge in [-0.05, 0) is 24.3 Å². The van der Waals surface area contributed by atoms with Crippen LogP contribution in [0.2, 0.25) is 0 Å². The molecule has 548 valence electrons. The summed E-state index contributed by atoms with van der Waals surface area (Å²) < 4.78 is 297. The van der Waals surface area contributed by atoms with Crippen LogP contribution < -0.4 is 26.4 Å². The fourth-order valence-electron chi connectivity index (χ4n) is 13.6. The predicted octanol–water partition coefficient (Wildman–Crippen LogP) is 22.5. The smallest absolute Gasteiger partial charge is 0.200 e. The van der Waals surface area contributed by atoms with Crippen LogP contribution in [0.1, 0.15) is 241 Å². The van der Waals surface area contributed by atoms with E-state index in [4.69, 9.17) is 0 Å². The molecule has 1 heterocycles. The summed E-state index contributed by atoms with van der Waals surface area (Å²) in [7, 11) is 0. The monoisotopic (exact) mass is 1430 g/mol. The van der Waals surface area contributed by atoms with Crippen LogP contribution in [0.5, 0.6) is 0 Å².